The first-order valence-corrected chi connectivity index (χ1v) is 8.09. The van der Waals surface area contributed by atoms with Crippen LogP contribution in [0.1, 0.15) is 0 Å². The molecule has 3 aromatic rings. The van der Waals surface area contributed by atoms with Gasteiger partial charge in [-0.15, -0.1) is 0 Å². The fraction of sp³-hybridized carbons (Fsp3) is 0. The Kier molecular flexibility index (Phi) is 4.73. The summed E-state index contributed by atoms with van der Waals surface area (Å²) in [5, 5.41) is 17.4. The SMILES string of the molecule is C=c1[nH]n(-c2ccc(F)cc2)c(=O)c1=CNc1ccc(SC#N)cc1. The van der Waals surface area contributed by atoms with Crippen LogP contribution in [-0.2, 0) is 0 Å². The quantitative estimate of drug-likeness (QED) is 0.557. The highest BCUT2D eigenvalue weighted by Gasteiger charge is 2.04. The predicted octanol–water partition coefficient (Wildman–Crippen LogP) is 2.14. The van der Waals surface area contributed by atoms with Crippen LogP contribution in [0.5, 0.6) is 0 Å². The molecule has 1 heterocycles. The maximum Gasteiger partial charge on any atom is 0.280 e. The van der Waals surface area contributed by atoms with Gasteiger partial charge in [0.05, 0.1) is 16.3 Å². The molecule has 0 fully saturated rings. The minimum atomic E-state index is -0.371. The highest BCUT2D eigenvalue weighted by atomic mass is 32.2. The molecule has 0 saturated heterocycles. The molecular weight excluding hydrogens is 339 g/mol. The molecule has 0 radical (unpaired) electrons. The number of thiocyanates is 1. The maximum atomic E-state index is 13.0. The Balaban J connectivity index is 1.91. The summed E-state index contributed by atoms with van der Waals surface area (Å²) in [4.78, 5) is 13.4. The van der Waals surface area contributed by atoms with Crippen LogP contribution >= 0.6 is 11.8 Å². The molecule has 124 valence electrons. The van der Waals surface area contributed by atoms with Crippen molar-refractivity contribution in [1.82, 2.24) is 9.78 Å². The van der Waals surface area contributed by atoms with Gasteiger partial charge in [-0.2, -0.15) is 5.26 Å². The predicted molar refractivity (Wildman–Crippen MR) is 97.1 cm³/mol. The van der Waals surface area contributed by atoms with E-state index in [1.165, 1.54) is 28.9 Å². The Morgan fingerprint density at radius 2 is 1.88 bits per heavy atom. The fourth-order valence-corrected chi connectivity index (χ4v) is 2.62. The number of hydrogen-bond acceptors (Lipinski definition) is 4. The summed E-state index contributed by atoms with van der Waals surface area (Å²) in [5.74, 6) is -0.371. The number of halogens is 1. The van der Waals surface area contributed by atoms with Crippen molar-refractivity contribution in [2.24, 2.45) is 0 Å². The number of nitrogens with zero attached hydrogens (tertiary/aromatic N) is 2. The van der Waals surface area contributed by atoms with Gasteiger partial charge in [0.1, 0.15) is 11.2 Å². The van der Waals surface area contributed by atoms with Gasteiger partial charge in [-0.25, -0.2) is 9.07 Å². The molecule has 2 aromatic carbocycles. The molecule has 0 aliphatic carbocycles. The zero-order valence-corrected chi connectivity index (χ0v) is 13.8. The van der Waals surface area contributed by atoms with Gasteiger partial charge in [0.25, 0.3) is 5.56 Å². The number of thioether (sulfide) groups is 1. The summed E-state index contributed by atoms with van der Waals surface area (Å²) in [7, 11) is 0. The smallest absolute Gasteiger partial charge is 0.280 e. The Hall–Kier alpha value is -3.24. The lowest BCUT2D eigenvalue weighted by molar-refractivity contribution is 0.627. The third-order valence-electron chi connectivity index (χ3n) is 3.49. The van der Waals surface area contributed by atoms with Crippen LogP contribution in [0, 0.1) is 16.5 Å². The van der Waals surface area contributed by atoms with E-state index in [0.717, 1.165) is 22.3 Å². The average molecular weight is 352 g/mol. The maximum absolute atomic E-state index is 13.0. The summed E-state index contributed by atoms with van der Waals surface area (Å²) in [6.45, 7) is 3.83. The Morgan fingerprint density at radius 3 is 2.52 bits per heavy atom. The van der Waals surface area contributed by atoms with Crippen LogP contribution < -0.4 is 21.4 Å². The van der Waals surface area contributed by atoms with E-state index in [2.05, 4.69) is 17.0 Å². The van der Waals surface area contributed by atoms with Crippen LogP contribution in [0.25, 0.3) is 18.5 Å². The minimum Gasteiger partial charge on any atom is -0.361 e. The summed E-state index contributed by atoms with van der Waals surface area (Å²) >= 11 is 1.08. The molecule has 0 aliphatic rings. The van der Waals surface area contributed by atoms with Crippen LogP contribution in [0.3, 0.4) is 0 Å². The summed E-state index contributed by atoms with van der Waals surface area (Å²) < 4.78 is 14.3. The van der Waals surface area contributed by atoms with Gasteiger partial charge in [0.15, 0.2) is 0 Å². The van der Waals surface area contributed by atoms with E-state index < -0.39 is 0 Å². The van der Waals surface area contributed by atoms with Gasteiger partial charge in [0.2, 0.25) is 0 Å². The van der Waals surface area contributed by atoms with Gasteiger partial charge in [-0.3, -0.25) is 9.89 Å². The summed E-state index contributed by atoms with van der Waals surface area (Å²) in [5.41, 5.74) is 1.00. The van der Waals surface area contributed by atoms with Crippen molar-refractivity contribution in [2.75, 3.05) is 5.32 Å². The molecule has 0 spiro atoms. The lowest BCUT2D eigenvalue weighted by atomic mass is 10.3. The third kappa shape index (κ3) is 3.65. The van der Waals surface area contributed by atoms with Crippen LogP contribution in [-0.4, -0.2) is 9.78 Å². The van der Waals surface area contributed by atoms with Crippen molar-refractivity contribution in [3.8, 4) is 11.1 Å². The number of rotatable bonds is 4. The van der Waals surface area contributed by atoms with Gasteiger partial charge >= 0.3 is 0 Å². The van der Waals surface area contributed by atoms with Crippen LogP contribution in [0.15, 0.2) is 58.2 Å². The van der Waals surface area contributed by atoms with E-state index in [4.69, 9.17) is 5.26 Å². The molecule has 7 heteroatoms. The monoisotopic (exact) mass is 352 g/mol. The summed E-state index contributed by atoms with van der Waals surface area (Å²) in [6, 6.07) is 12.8. The van der Waals surface area contributed by atoms with Gasteiger partial charge in [0, 0.05) is 16.8 Å². The first kappa shape index (κ1) is 16.6. The molecule has 0 atom stereocenters. The zero-order valence-electron chi connectivity index (χ0n) is 13.0. The first-order valence-electron chi connectivity index (χ1n) is 7.27. The highest BCUT2D eigenvalue weighted by molar-refractivity contribution is 8.03. The minimum absolute atomic E-state index is 0.291. The number of anilines is 1. The standard InChI is InChI=1S/C18H13FN4OS/c1-12-17(10-21-14-4-8-16(9-5-14)25-11-20)18(24)23(22-12)15-6-2-13(19)3-7-15/h2-10,21-22H,1H2. The molecule has 0 aliphatic heterocycles. The molecule has 0 unspecified atom stereocenters. The molecule has 0 amide bonds. The zero-order chi connectivity index (χ0) is 17.8. The van der Waals surface area contributed by atoms with Crippen molar-refractivity contribution in [2.45, 2.75) is 4.90 Å². The number of hydrogen-bond donors (Lipinski definition) is 2. The molecule has 25 heavy (non-hydrogen) atoms. The number of benzene rings is 2. The van der Waals surface area contributed by atoms with Crippen molar-refractivity contribution in [3.05, 3.63) is 75.3 Å². The van der Waals surface area contributed by atoms with Crippen molar-refractivity contribution in [3.63, 3.8) is 0 Å². The molecule has 0 bridgehead atoms. The number of aromatic nitrogens is 2. The lowest BCUT2D eigenvalue weighted by Crippen LogP contribution is -2.34. The number of nitrogens with one attached hydrogen (secondary N) is 2. The second kappa shape index (κ2) is 7.11. The topological polar surface area (TPSA) is 73.6 Å². The van der Waals surface area contributed by atoms with Crippen molar-refractivity contribution in [1.29, 1.82) is 5.26 Å². The second-order valence-corrected chi connectivity index (χ2v) is 5.99. The third-order valence-corrected chi connectivity index (χ3v) is 4.09. The molecule has 1 aromatic heterocycles. The fourth-order valence-electron chi connectivity index (χ4n) is 2.24. The van der Waals surface area contributed by atoms with Gasteiger partial charge < -0.3 is 5.32 Å². The lowest BCUT2D eigenvalue weighted by Gasteiger charge is -2.00. The average Bonchev–Trinajstić information content (AvgIpc) is 2.90. The molecule has 2 N–H and O–H groups in total. The van der Waals surface area contributed by atoms with Gasteiger partial charge in [-0.1, -0.05) is 6.58 Å². The van der Waals surface area contributed by atoms with Gasteiger partial charge in [-0.05, 0) is 60.3 Å². The highest BCUT2D eigenvalue weighted by Crippen LogP contribution is 2.18. The van der Waals surface area contributed by atoms with Crippen molar-refractivity contribution >= 4 is 30.2 Å². The van der Waals surface area contributed by atoms with E-state index in [-0.39, 0.29) is 11.4 Å². The molecule has 3 rings (SSSR count). The number of nitriles is 1. The second-order valence-electron chi connectivity index (χ2n) is 5.13. The first-order chi connectivity index (χ1) is 12.1. The Morgan fingerprint density at radius 1 is 1.20 bits per heavy atom. The summed E-state index contributed by atoms with van der Waals surface area (Å²) in [6.07, 6.45) is 1.56. The van der Waals surface area contributed by atoms with Crippen LogP contribution in [0.4, 0.5) is 10.1 Å². The van der Waals surface area contributed by atoms with Crippen molar-refractivity contribution < 1.29 is 4.39 Å². The van der Waals surface area contributed by atoms with Crippen LogP contribution in [0.2, 0.25) is 0 Å². The molecular formula is C18H13FN4OS. The van der Waals surface area contributed by atoms with E-state index >= 15 is 0 Å². The Bertz CT molecular complexity index is 1090. The molecule has 5 nitrogen and oxygen atoms in total. The number of H-pyrrole nitrogens is 1. The Labute approximate surface area is 146 Å². The van der Waals surface area contributed by atoms with E-state index in [0.29, 0.717) is 16.3 Å². The van der Waals surface area contributed by atoms with E-state index in [1.54, 1.807) is 6.20 Å². The molecule has 0 saturated carbocycles. The largest absolute Gasteiger partial charge is 0.361 e. The normalized spacial score (nSPS) is 11.3. The van der Waals surface area contributed by atoms with E-state index in [1.807, 2.05) is 29.7 Å². The number of aromatic amines is 1. The van der Waals surface area contributed by atoms with E-state index in [9.17, 15) is 9.18 Å².